The van der Waals surface area contributed by atoms with E-state index in [1.165, 1.54) is 5.69 Å². The van der Waals surface area contributed by atoms with Crippen LogP contribution in [0.15, 0.2) is 54.6 Å². The van der Waals surface area contributed by atoms with Gasteiger partial charge in [0.1, 0.15) is 0 Å². The van der Waals surface area contributed by atoms with Crippen LogP contribution in [0.3, 0.4) is 0 Å². The zero-order valence-electron chi connectivity index (χ0n) is 16.2. The zero-order chi connectivity index (χ0) is 19.5. The van der Waals surface area contributed by atoms with E-state index in [0.29, 0.717) is 17.0 Å². The van der Waals surface area contributed by atoms with Gasteiger partial charge in [-0.2, -0.15) is 0 Å². The van der Waals surface area contributed by atoms with Gasteiger partial charge in [0.2, 0.25) is 0 Å². The maximum absolute atomic E-state index is 12.7. The van der Waals surface area contributed by atoms with Crippen molar-refractivity contribution in [2.75, 3.05) is 36.0 Å². The molecule has 3 aromatic rings. The number of esters is 1. The Kier molecular flexibility index (Phi) is 5.10. The number of ether oxygens (including phenoxy) is 1. The minimum Gasteiger partial charge on any atom is -0.458 e. The lowest BCUT2D eigenvalue weighted by molar-refractivity contribution is 0.0371. The number of benzene rings is 2. The van der Waals surface area contributed by atoms with Crippen LogP contribution in [0, 0.1) is 0 Å². The molecule has 0 N–H and O–H groups in total. The van der Waals surface area contributed by atoms with Crippen LogP contribution in [0.5, 0.6) is 0 Å². The van der Waals surface area contributed by atoms with Gasteiger partial charge in [0.25, 0.3) is 0 Å². The Morgan fingerprint density at radius 3 is 2.07 bits per heavy atom. The number of carbonyl (C=O) groups is 1. The Hall–Kier alpha value is -3.15. The highest BCUT2D eigenvalue weighted by Gasteiger charge is 2.26. The fourth-order valence-electron chi connectivity index (χ4n) is 3.43. The molecule has 6 heteroatoms. The van der Waals surface area contributed by atoms with Crippen LogP contribution in [-0.2, 0) is 4.74 Å². The normalized spacial score (nSPS) is 14.5. The fourth-order valence-corrected chi connectivity index (χ4v) is 3.43. The number of fused-ring (bicyclic) bond motifs is 1. The largest absolute Gasteiger partial charge is 0.458 e. The van der Waals surface area contributed by atoms with Crippen molar-refractivity contribution in [3.05, 3.63) is 60.3 Å². The molecule has 1 aliphatic heterocycles. The summed E-state index contributed by atoms with van der Waals surface area (Å²) in [5.41, 5.74) is 2.99. The van der Waals surface area contributed by atoms with Gasteiger partial charge in [0.15, 0.2) is 11.5 Å². The monoisotopic (exact) mass is 376 g/mol. The van der Waals surface area contributed by atoms with Crippen LogP contribution >= 0.6 is 0 Å². The molecule has 1 aromatic heterocycles. The van der Waals surface area contributed by atoms with Gasteiger partial charge in [0.05, 0.1) is 17.1 Å². The van der Waals surface area contributed by atoms with E-state index in [2.05, 4.69) is 39.0 Å². The molecule has 0 unspecified atom stereocenters. The molecule has 0 aliphatic carbocycles. The summed E-state index contributed by atoms with van der Waals surface area (Å²) >= 11 is 0. The third-order valence-electron chi connectivity index (χ3n) is 4.79. The van der Waals surface area contributed by atoms with Gasteiger partial charge < -0.3 is 14.5 Å². The molecule has 0 saturated carbocycles. The second kappa shape index (κ2) is 7.84. The smallest absolute Gasteiger partial charge is 0.361 e. The van der Waals surface area contributed by atoms with Gasteiger partial charge in [-0.15, -0.1) is 0 Å². The molecule has 4 rings (SSSR count). The van der Waals surface area contributed by atoms with E-state index >= 15 is 0 Å². The summed E-state index contributed by atoms with van der Waals surface area (Å²) in [5, 5.41) is 0. The van der Waals surface area contributed by atoms with Crippen LogP contribution < -0.4 is 9.80 Å². The number of carbonyl (C=O) groups excluding carboxylic acids is 1. The highest BCUT2D eigenvalue weighted by molar-refractivity contribution is 5.95. The molecule has 0 amide bonds. The molecule has 1 saturated heterocycles. The predicted molar refractivity (Wildman–Crippen MR) is 111 cm³/mol. The fraction of sp³-hybridized carbons (Fsp3) is 0.318. The number of aromatic nitrogens is 2. The van der Waals surface area contributed by atoms with Crippen LogP contribution in [0.1, 0.15) is 24.3 Å². The molecule has 0 atom stereocenters. The van der Waals surface area contributed by atoms with Crippen LogP contribution in [-0.4, -0.2) is 48.2 Å². The summed E-state index contributed by atoms with van der Waals surface area (Å²) in [7, 11) is 0. The quantitative estimate of drug-likeness (QED) is 0.650. The van der Waals surface area contributed by atoms with E-state index in [1.807, 2.05) is 44.2 Å². The summed E-state index contributed by atoms with van der Waals surface area (Å²) in [6.45, 7) is 6.93. The van der Waals surface area contributed by atoms with Gasteiger partial charge in [-0.25, -0.2) is 14.8 Å². The first-order valence-electron chi connectivity index (χ1n) is 9.64. The van der Waals surface area contributed by atoms with E-state index in [1.54, 1.807) is 0 Å². The molecule has 6 nitrogen and oxygen atoms in total. The van der Waals surface area contributed by atoms with E-state index in [0.717, 1.165) is 31.7 Å². The minimum atomic E-state index is -0.422. The molecule has 0 bridgehead atoms. The second-order valence-corrected chi connectivity index (χ2v) is 7.15. The SMILES string of the molecule is CC(C)OC(=O)c1nc2ccccc2nc1N1CCN(c2ccccc2)CC1. The first-order valence-corrected chi connectivity index (χ1v) is 9.64. The van der Waals surface area contributed by atoms with Crippen molar-refractivity contribution < 1.29 is 9.53 Å². The highest BCUT2D eigenvalue weighted by Crippen LogP contribution is 2.24. The van der Waals surface area contributed by atoms with Crippen molar-refractivity contribution in [1.82, 2.24) is 9.97 Å². The molecule has 1 fully saturated rings. The lowest BCUT2D eigenvalue weighted by atomic mass is 10.2. The molecule has 0 spiro atoms. The maximum Gasteiger partial charge on any atom is 0.361 e. The lowest BCUT2D eigenvalue weighted by Crippen LogP contribution is -2.47. The first-order chi connectivity index (χ1) is 13.6. The minimum absolute atomic E-state index is 0.205. The number of hydrogen-bond donors (Lipinski definition) is 0. The van der Waals surface area contributed by atoms with E-state index < -0.39 is 5.97 Å². The molecule has 1 aliphatic rings. The topological polar surface area (TPSA) is 58.6 Å². The predicted octanol–water partition coefficient (Wildman–Crippen LogP) is 3.52. The van der Waals surface area contributed by atoms with Gasteiger partial charge in [0, 0.05) is 31.9 Å². The van der Waals surface area contributed by atoms with Crippen molar-refractivity contribution in [2.45, 2.75) is 20.0 Å². The summed E-state index contributed by atoms with van der Waals surface area (Å²) in [6.07, 6.45) is -0.205. The molecular formula is C22H24N4O2. The molecular weight excluding hydrogens is 352 g/mol. The van der Waals surface area contributed by atoms with Gasteiger partial charge in [-0.05, 0) is 38.1 Å². The van der Waals surface area contributed by atoms with Gasteiger partial charge >= 0.3 is 5.97 Å². The van der Waals surface area contributed by atoms with Crippen LogP contribution in [0.25, 0.3) is 11.0 Å². The summed E-state index contributed by atoms with van der Waals surface area (Å²) in [4.78, 5) is 26.5. The number of nitrogens with zero attached hydrogens (tertiary/aromatic N) is 4. The second-order valence-electron chi connectivity index (χ2n) is 7.15. The number of hydrogen-bond acceptors (Lipinski definition) is 6. The van der Waals surface area contributed by atoms with Crippen LogP contribution in [0.2, 0.25) is 0 Å². The number of para-hydroxylation sites is 3. The van der Waals surface area contributed by atoms with Crippen molar-refractivity contribution in [3.63, 3.8) is 0 Å². The Bertz CT molecular complexity index is 967. The summed E-state index contributed by atoms with van der Waals surface area (Å²) in [6, 6.07) is 18.0. The summed E-state index contributed by atoms with van der Waals surface area (Å²) < 4.78 is 5.43. The van der Waals surface area contributed by atoms with E-state index in [-0.39, 0.29) is 6.10 Å². The Balaban J connectivity index is 1.63. The van der Waals surface area contributed by atoms with Crippen molar-refractivity contribution in [3.8, 4) is 0 Å². The molecule has 0 radical (unpaired) electrons. The van der Waals surface area contributed by atoms with E-state index in [4.69, 9.17) is 9.72 Å². The van der Waals surface area contributed by atoms with Crippen molar-refractivity contribution in [1.29, 1.82) is 0 Å². The average molecular weight is 376 g/mol. The highest BCUT2D eigenvalue weighted by atomic mass is 16.5. The standard InChI is InChI=1S/C22H24N4O2/c1-16(2)28-22(27)20-21(24-19-11-7-6-10-18(19)23-20)26-14-12-25(13-15-26)17-8-4-3-5-9-17/h3-11,16H,12-15H2,1-2H3. The van der Waals surface area contributed by atoms with Crippen LogP contribution in [0.4, 0.5) is 11.5 Å². The van der Waals surface area contributed by atoms with Gasteiger partial charge in [-0.1, -0.05) is 30.3 Å². The van der Waals surface area contributed by atoms with Crippen molar-refractivity contribution in [2.24, 2.45) is 0 Å². The average Bonchev–Trinajstić information content (AvgIpc) is 2.73. The number of rotatable bonds is 4. The Morgan fingerprint density at radius 1 is 0.857 bits per heavy atom. The zero-order valence-corrected chi connectivity index (χ0v) is 16.2. The Morgan fingerprint density at radius 2 is 1.43 bits per heavy atom. The third-order valence-corrected chi connectivity index (χ3v) is 4.79. The molecule has 2 aromatic carbocycles. The Labute approximate surface area is 164 Å². The number of piperazine rings is 1. The molecule has 144 valence electrons. The third kappa shape index (κ3) is 3.76. The first kappa shape index (κ1) is 18.2. The van der Waals surface area contributed by atoms with Crippen molar-refractivity contribution >= 4 is 28.5 Å². The maximum atomic E-state index is 12.7. The van der Waals surface area contributed by atoms with E-state index in [9.17, 15) is 4.79 Å². The molecule has 28 heavy (non-hydrogen) atoms. The summed E-state index contributed by atoms with van der Waals surface area (Å²) in [5.74, 6) is 0.186. The van der Waals surface area contributed by atoms with Gasteiger partial charge in [-0.3, -0.25) is 0 Å². The molecule has 2 heterocycles. The lowest BCUT2D eigenvalue weighted by Gasteiger charge is -2.37. The number of anilines is 2.